The molecule has 0 aliphatic rings. The first-order chi connectivity index (χ1) is 13.7. The number of methoxy groups -OCH3 is 1. The average Bonchev–Trinajstić information content (AvgIpc) is 3.05. The molecule has 0 fully saturated rings. The summed E-state index contributed by atoms with van der Waals surface area (Å²) in [6.07, 6.45) is 1.79. The molecule has 0 N–H and O–H groups in total. The van der Waals surface area contributed by atoms with E-state index >= 15 is 0 Å². The minimum Gasteiger partial charge on any atom is -0.462 e. The van der Waals surface area contributed by atoms with E-state index in [1.165, 1.54) is 0 Å². The predicted molar refractivity (Wildman–Crippen MR) is 110 cm³/mol. The molecule has 2 aromatic carbocycles. The third kappa shape index (κ3) is 4.26. The van der Waals surface area contributed by atoms with E-state index in [0.717, 1.165) is 24.1 Å². The van der Waals surface area contributed by atoms with Gasteiger partial charge in [-0.2, -0.15) is 5.10 Å². The molecule has 5 nitrogen and oxygen atoms in total. The molecule has 0 bridgehead atoms. The van der Waals surface area contributed by atoms with Crippen molar-refractivity contribution in [2.24, 2.45) is 0 Å². The highest BCUT2D eigenvalue weighted by Gasteiger charge is 2.23. The molecule has 3 rings (SSSR count). The minimum absolute atomic E-state index is 0.243. The quantitative estimate of drug-likeness (QED) is 0.375. The molecule has 1 heterocycles. The summed E-state index contributed by atoms with van der Waals surface area (Å²) in [6.45, 7) is 2.69. The Kier molecular flexibility index (Phi) is 6.85. The molecule has 28 heavy (non-hydrogen) atoms. The van der Waals surface area contributed by atoms with Gasteiger partial charge in [-0.1, -0.05) is 73.5 Å². The van der Waals surface area contributed by atoms with Gasteiger partial charge in [0, 0.05) is 18.2 Å². The van der Waals surface area contributed by atoms with Crippen LogP contribution in [-0.4, -0.2) is 29.5 Å². The number of hydrogen-bond acceptors (Lipinski definition) is 4. The summed E-state index contributed by atoms with van der Waals surface area (Å²) in [5.74, 6) is -0.373. The number of halogens is 1. The summed E-state index contributed by atoms with van der Waals surface area (Å²) >= 11 is 6.75. The number of ether oxygens (including phenoxy) is 2. The standard InChI is InChI=1S/C22H23ClN2O3/c1-3-4-14-28-22(26)18-13-9-8-12-17(18)20-19(23)21(25(24-20)15-27-2)16-10-6-5-7-11-16/h5-13H,3-4,14-15H2,1-2H3. The van der Waals surface area contributed by atoms with Gasteiger partial charge in [0.05, 0.1) is 22.9 Å². The first-order valence-corrected chi connectivity index (χ1v) is 9.62. The lowest BCUT2D eigenvalue weighted by molar-refractivity contribution is 0.0500. The molecule has 0 aliphatic carbocycles. The molecule has 0 radical (unpaired) electrons. The second kappa shape index (κ2) is 9.53. The predicted octanol–water partition coefficient (Wildman–Crippen LogP) is 5.43. The molecule has 3 aromatic rings. The number of nitrogens with zero attached hydrogens (tertiary/aromatic N) is 2. The number of benzene rings is 2. The van der Waals surface area contributed by atoms with Gasteiger partial charge in [0.1, 0.15) is 12.4 Å². The van der Waals surface area contributed by atoms with Crippen LogP contribution >= 0.6 is 11.6 Å². The Bertz CT molecular complexity index is 938. The van der Waals surface area contributed by atoms with Gasteiger partial charge < -0.3 is 9.47 Å². The van der Waals surface area contributed by atoms with Gasteiger partial charge in [0.15, 0.2) is 0 Å². The van der Waals surface area contributed by atoms with Crippen LogP contribution in [-0.2, 0) is 16.2 Å². The maximum absolute atomic E-state index is 12.6. The van der Waals surface area contributed by atoms with E-state index in [9.17, 15) is 4.79 Å². The Labute approximate surface area is 169 Å². The van der Waals surface area contributed by atoms with Crippen molar-refractivity contribution in [3.8, 4) is 22.5 Å². The molecule has 0 saturated heterocycles. The molecule has 0 saturated carbocycles. The lowest BCUT2D eigenvalue weighted by Crippen LogP contribution is -2.08. The highest BCUT2D eigenvalue weighted by Crippen LogP contribution is 2.37. The fourth-order valence-corrected chi connectivity index (χ4v) is 3.30. The number of hydrogen-bond donors (Lipinski definition) is 0. The van der Waals surface area contributed by atoms with E-state index in [-0.39, 0.29) is 12.7 Å². The van der Waals surface area contributed by atoms with Crippen LogP contribution in [0.25, 0.3) is 22.5 Å². The molecule has 0 amide bonds. The van der Waals surface area contributed by atoms with Gasteiger partial charge in [-0.05, 0) is 12.5 Å². The van der Waals surface area contributed by atoms with E-state index in [2.05, 4.69) is 12.0 Å². The third-order valence-electron chi connectivity index (χ3n) is 4.33. The number of esters is 1. The van der Waals surface area contributed by atoms with E-state index in [1.54, 1.807) is 23.9 Å². The lowest BCUT2D eigenvalue weighted by atomic mass is 10.0. The van der Waals surface area contributed by atoms with Gasteiger partial charge in [-0.15, -0.1) is 0 Å². The second-order valence-corrected chi connectivity index (χ2v) is 6.71. The number of unbranched alkanes of at least 4 members (excludes halogenated alkanes) is 1. The zero-order valence-electron chi connectivity index (χ0n) is 16.0. The van der Waals surface area contributed by atoms with Crippen LogP contribution in [0.3, 0.4) is 0 Å². The molecule has 0 aliphatic heterocycles. The fraction of sp³-hybridized carbons (Fsp3) is 0.273. The summed E-state index contributed by atoms with van der Waals surface area (Å²) < 4.78 is 12.4. The second-order valence-electron chi connectivity index (χ2n) is 6.33. The van der Waals surface area contributed by atoms with E-state index in [0.29, 0.717) is 28.5 Å². The molecular weight excluding hydrogens is 376 g/mol. The van der Waals surface area contributed by atoms with Crippen molar-refractivity contribution in [1.29, 1.82) is 0 Å². The van der Waals surface area contributed by atoms with Gasteiger partial charge in [-0.3, -0.25) is 0 Å². The van der Waals surface area contributed by atoms with Gasteiger partial charge in [-0.25, -0.2) is 9.48 Å². The average molecular weight is 399 g/mol. The molecule has 0 spiro atoms. The SMILES string of the molecule is CCCCOC(=O)c1ccccc1-c1nn(COC)c(-c2ccccc2)c1Cl. The van der Waals surface area contributed by atoms with Crippen molar-refractivity contribution >= 4 is 17.6 Å². The Morgan fingerprint density at radius 3 is 2.54 bits per heavy atom. The Morgan fingerprint density at radius 1 is 1.11 bits per heavy atom. The fourth-order valence-electron chi connectivity index (χ4n) is 2.95. The summed E-state index contributed by atoms with van der Waals surface area (Å²) in [4.78, 5) is 12.6. The Hall–Kier alpha value is -2.63. The Balaban J connectivity index is 2.07. The molecule has 0 unspecified atom stereocenters. The minimum atomic E-state index is -0.373. The third-order valence-corrected chi connectivity index (χ3v) is 4.68. The number of aromatic nitrogens is 2. The largest absolute Gasteiger partial charge is 0.462 e. The van der Waals surface area contributed by atoms with Crippen molar-refractivity contribution in [3.63, 3.8) is 0 Å². The maximum Gasteiger partial charge on any atom is 0.338 e. The molecule has 146 valence electrons. The van der Waals surface area contributed by atoms with E-state index in [4.69, 9.17) is 21.1 Å². The first kappa shape index (κ1) is 20.1. The van der Waals surface area contributed by atoms with Crippen LogP contribution in [0.1, 0.15) is 30.1 Å². The van der Waals surface area contributed by atoms with Crippen LogP contribution in [0.2, 0.25) is 5.02 Å². The van der Waals surface area contributed by atoms with Gasteiger partial charge in [0.25, 0.3) is 0 Å². The van der Waals surface area contributed by atoms with Crippen molar-refractivity contribution < 1.29 is 14.3 Å². The van der Waals surface area contributed by atoms with Crippen molar-refractivity contribution in [1.82, 2.24) is 9.78 Å². The van der Waals surface area contributed by atoms with Crippen LogP contribution in [0, 0.1) is 0 Å². The highest BCUT2D eigenvalue weighted by atomic mass is 35.5. The Morgan fingerprint density at radius 2 is 1.82 bits per heavy atom. The number of carbonyl (C=O) groups excluding carboxylic acids is 1. The molecule has 1 aromatic heterocycles. The van der Waals surface area contributed by atoms with Crippen LogP contribution in [0.15, 0.2) is 54.6 Å². The molecule has 6 heteroatoms. The van der Waals surface area contributed by atoms with Gasteiger partial charge >= 0.3 is 5.97 Å². The highest BCUT2D eigenvalue weighted by molar-refractivity contribution is 6.35. The number of rotatable bonds is 8. The summed E-state index contributed by atoms with van der Waals surface area (Å²) in [5, 5.41) is 5.11. The summed E-state index contributed by atoms with van der Waals surface area (Å²) in [6, 6.07) is 17.0. The van der Waals surface area contributed by atoms with Crippen LogP contribution in [0.5, 0.6) is 0 Å². The molecular formula is C22H23ClN2O3. The smallest absolute Gasteiger partial charge is 0.338 e. The van der Waals surface area contributed by atoms with Crippen molar-refractivity contribution in [3.05, 3.63) is 65.2 Å². The van der Waals surface area contributed by atoms with Crippen LogP contribution < -0.4 is 0 Å². The van der Waals surface area contributed by atoms with Crippen molar-refractivity contribution in [2.75, 3.05) is 13.7 Å². The van der Waals surface area contributed by atoms with Gasteiger partial charge in [0.2, 0.25) is 0 Å². The maximum atomic E-state index is 12.6. The topological polar surface area (TPSA) is 53.3 Å². The number of carbonyl (C=O) groups is 1. The van der Waals surface area contributed by atoms with Crippen molar-refractivity contribution in [2.45, 2.75) is 26.5 Å². The van der Waals surface area contributed by atoms with Crippen LogP contribution in [0.4, 0.5) is 0 Å². The summed E-state index contributed by atoms with van der Waals surface area (Å²) in [7, 11) is 1.60. The van der Waals surface area contributed by atoms with E-state index < -0.39 is 0 Å². The lowest BCUT2D eigenvalue weighted by Gasteiger charge is -2.08. The zero-order chi connectivity index (χ0) is 19.9. The summed E-state index contributed by atoms with van der Waals surface area (Å²) in [5.41, 5.74) is 3.28. The normalized spacial score (nSPS) is 10.8. The monoisotopic (exact) mass is 398 g/mol. The molecule has 0 atom stereocenters. The first-order valence-electron chi connectivity index (χ1n) is 9.24. The van der Waals surface area contributed by atoms with E-state index in [1.807, 2.05) is 42.5 Å². The zero-order valence-corrected chi connectivity index (χ0v) is 16.8.